The lowest BCUT2D eigenvalue weighted by Gasteiger charge is -2.03. The zero-order valence-electron chi connectivity index (χ0n) is 9.55. The van der Waals surface area contributed by atoms with Gasteiger partial charge >= 0.3 is 0 Å². The van der Waals surface area contributed by atoms with E-state index in [-0.39, 0.29) is 5.78 Å². The molecule has 0 saturated heterocycles. The third-order valence-corrected chi connectivity index (χ3v) is 2.43. The topological polar surface area (TPSA) is 17.1 Å². The van der Waals surface area contributed by atoms with Crippen molar-refractivity contribution in [2.45, 2.75) is 33.1 Å². The van der Waals surface area contributed by atoms with Crippen LogP contribution in [-0.2, 0) is 11.2 Å². The normalized spacial score (nSPS) is 10.0. The van der Waals surface area contributed by atoms with E-state index in [1.54, 1.807) is 0 Å². The summed E-state index contributed by atoms with van der Waals surface area (Å²) in [6, 6.07) is 8.09. The summed E-state index contributed by atoms with van der Waals surface area (Å²) < 4.78 is 0. The Hall–Kier alpha value is -1.37. The van der Waals surface area contributed by atoms with E-state index in [0.717, 1.165) is 17.6 Å². The zero-order chi connectivity index (χ0) is 11.3. The number of carbonyl (C=O) groups is 1. The molecule has 0 aliphatic rings. The Morgan fingerprint density at radius 1 is 1.40 bits per heavy atom. The molecule has 1 aromatic carbocycles. The monoisotopic (exact) mass is 202 g/mol. The average Bonchev–Trinajstić information content (AvgIpc) is 2.17. The van der Waals surface area contributed by atoms with Crippen LogP contribution in [0.15, 0.2) is 36.4 Å². The van der Waals surface area contributed by atoms with Gasteiger partial charge in [0.1, 0.15) is 5.78 Å². The fourth-order valence-electron chi connectivity index (χ4n) is 1.52. The number of Topliss-reactive ketones (excluding diaryl/α,β-unsaturated/α-hetero) is 1. The van der Waals surface area contributed by atoms with Crippen molar-refractivity contribution in [3.63, 3.8) is 0 Å². The Balaban J connectivity index is 2.55. The number of carbonyl (C=O) groups excluding carboxylic acids is 1. The Kier molecular flexibility index (Phi) is 4.29. The number of benzene rings is 1. The first-order chi connectivity index (χ1) is 7.11. The lowest BCUT2D eigenvalue weighted by atomic mass is 10.0. The van der Waals surface area contributed by atoms with Crippen LogP contribution in [0.4, 0.5) is 0 Å². The van der Waals surface area contributed by atoms with Gasteiger partial charge in [0.05, 0.1) is 0 Å². The van der Waals surface area contributed by atoms with Crippen molar-refractivity contribution < 1.29 is 4.79 Å². The van der Waals surface area contributed by atoms with Crippen LogP contribution in [-0.4, -0.2) is 5.78 Å². The predicted molar refractivity (Wildman–Crippen MR) is 63.9 cm³/mol. The summed E-state index contributed by atoms with van der Waals surface area (Å²) in [4.78, 5) is 11.6. The summed E-state index contributed by atoms with van der Waals surface area (Å²) in [5.74, 6) is 0.257. The maximum atomic E-state index is 11.6. The van der Waals surface area contributed by atoms with E-state index in [4.69, 9.17) is 0 Å². The summed E-state index contributed by atoms with van der Waals surface area (Å²) in [6.07, 6.45) is 1.94. The molecule has 15 heavy (non-hydrogen) atoms. The first-order valence-electron chi connectivity index (χ1n) is 5.35. The molecule has 0 bridgehead atoms. The van der Waals surface area contributed by atoms with Gasteiger partial charge in [0.25, 0.3) is 0 Å². The Morgan fingerprint density at radius 3 is 2.73 bits per heavy atom. The molecule has 0 unspecified atom stereocenters. The minimum absolute atomic E-state index is 0.257. The van der Waals surface area contributed by atoms with Crippen LogP contribution in [0.3, 0.4) is 0 Å². The first-order valence-corrected chi connectivity index (χ1v) is 5.35. The Bertz CT molecular complexity index is 363. The first kappa shape index (κ1) is 11.7. The Labute approximate surface area is 91.8 Å². The highest BCUT2D eigenvalue weighted by molar-refractivity contribution is 5.82. The van der Waals surface area contributed by atoms with Gasteiger partial charge in [0.2, 0.25) is 0 Å². The van der Waals surface area contributed by atoms with E-state index in [0.29, 0.717) is 12.8 Å². The van der Waals surface area contributed by atoms with Crippen LogP contribution in [0.25, 0.3) is 0 Å². The van der Waals surface area contributed by atoms with Gasteiger partial charge in [-0.1, -0.05) is 48.9 Å². The highest BCUT2D eigenvalue weighted by atomic mass is 16.1. The molecule has 0 aliphatic heterocycles. The third-order valence-electron chi connectivity index (χ3n) is 2.43. The molecular formula is C14H18O. The highest BCUT2D eigenvalue weighted by Gasteiger charge is 2.04. The number of rotatable bonds is 5. The van der Waals surface area contributed by atoms with Crippen molar-refractivity contribution in [2.75, 3.05) is 0 Å². The third kappa shape index (κ3) is 4.11. The van der Waals surface area contributed by atoms with E-state index >= 15 is 0 Å². The van der Waals surface area contributed by atoms with Crippen LogP contribution in [0.1, 0.15) is 30.9 Å². The summed E-state index contributed by atoms with van der Waals surface area (Å²) in [5.41, 5.74) is 3.33. The van der Waals surface area contributed by atoms with Crippen LogP contribution < -0.4 is 0 Å². The summed E-state index contributed by atoms with van der Waals surface area (Å²) >= 11 is 0. The molecule has 1 heteroatoms. The molecule has 0 saturated carbocycles. The summed E-state index contributed by atoms with van der Waals surface area (Å²) in [6.45, 7) is 7.92. The molecule has 0 aromatic heterocycles. The SMILES string of the molecule is C=C(CC)CC(=O)Cc1cccc(C)c1. The fourth-order valence-corrected chi connectivity index (χ4v) is 1.52. The number of aryl methyl sites for hydroxylation is 1. The molecule has 0 aliphatic carbocycles. The average molecular weight is 202 g/mol. The van der Waals surface area contributed by atoms with Crippen molar-refractivity contribution in [1.82, 2.24) is 0 Å². The van der Waals surface area contributed by atoms with Crippen molar-refractivity contribution >= 4 is 5.78 Å². The minimum Gasteiger partial charge on any atom is -0.299 e. The van der Waals surface area contributed by atoms with Gasteiger partial charge in [-0.25, -0.2) is 0 Å². The second-order valence-electron chi connectivity index (χ2n) is 3.98. The van der Waals surface area contributed by atoms with Crippen LogP contribution in [0.5, 0.6) is 0 Å². The maximum Gasteiger partial charge on any atom is 0.141 e. The van der Waals surface area contributed by atoms with Gasteiger partial charge in [0, 0.05) is 12.8 Å². The number of allylic oxidation sites excluding steroid dienone is 1. The zero-order valence-corrected chi connectivity index (χ0v) is 9.55. The van der Waals surface area contributed by atoms with E-state index in [1.165, 1.54) is 5.56 Å². The van der Waals surface area contributed by atoms with Gasteiger partial charge < -0.3 is 0 Å². The van der Waals surface area contributed by atoms with E-state index in [2.05, 4.69) is 12.6 Å². The second kappa shape index (κ2) is 5.50. The minimum atomic E-state index is 0.257. The van der Waals surface area contributed by atoms with Crippen molar-refractivity contribution in [3.05, 3.63) is 47.5 Å². The predicted octanol–water partition coefficient (Wildman–Crippen LogP) is 3.46. The molecule has 0 atom stereocenters. The van der Waals surface area contributed by atoms with Crippen molar-refractivity contribution in [3.8, 4) is 0 Å². The molecule has 0 heterocycles. The molecule has 1 aromatic rings. The molecule has 0 amide bonds. The van der Waals surface area contributed by atoms with E-state index in [9.17, 15) is 4.79 Å². The van der Waals surface area contributed by atoms with E-state index in [1.807, 2.05) is 32.0 Å². The molecule has 1 nitrogen and oxygen atoms in total. The van der Waals surface area contributed by atoms with Crippen molar-refractivity contribution in [2.24, 2.45) is 0 Å². The fraction of sp³-hybridized carbons (Fsp3) is 0.357. The molecule has 80 valence electrons. The molecule has 0 N–H and O–H groups in total. The summed E-state index contributed by atoms with van der Waals surface area (Å²) in [7, 11) is 0. The molecular weight excluding hydrogens is 184 g/mol. The van der Waals surface area contributed by atoms with Crippen LogP contribution >= 0.6 is 0 Å². The quantitative estimate of drug-likeness (QED) is 0.668. The molecule has 1 rings (SSSR count). The standard InChI is InChI=1S/C14H18O/c1-4-11(2)9-14(15)10-13-7-5-6-12(3)8-13/h5-8H,2,4,9-10H2,1,3H3. The molecule has 0 fully saturated rings. The van der Waals surface area contributed by atoms with Gasteiger partial charge in [-0.05, 0) is 18.9 Å². The largest absolute Gasteiger partial charge is 0.299 e. The summed E-state index contributed by atoms with van der Waals surface area (Å²) in [5, 5.41) is 0. The number of hydrogen-bond donors (Lipinski definition) is 0. The van der Waals surface area contributed by atoms with Gasteiger partial charge in [0.15, 0.2) is 0 Å². The van der Waals surface area contributed by atoms with Gasteiger partial charge in [-0.3, -0.25) is 4.79 Å². The molecule has 0 spiro atoms. The number of hydrogen-bond acceptors (Lipinski definition) is 1. The van der Waals surface area contributed by atoms with Gasteiger partial charge in [-0.2, -0.15) is 0 Å². The van der Waals surface area contributed by atoms with E-state index < -0.39 is 0 Å². The number of ketones is 1. The van der Waals surface area contributed by atoms with Gasteiger partial charge in [-0.15, -0.1) is 0 Å². The Morgan fingerprint density at radius 2 is 2.13 bits per heavy atom. The van der Waals surface area contributed by atoms with Crippen molar-refractivity contribution in [1.29, 1.82) is 0 Å². The highest BCUT2D eigenvalue weighted by Crippen LogP contribution is 2.09. The lowest BCUT2D eigenvalue weighted by molar-refractivity contribution is -0.117. The lowest BCUT2D eigenvalue weighted by Crippen LogP contribution is -2.03. The smallest absolute Gasteiger partial charge is 0.141 e. The van der Waals surface area contributed by atoms with Crippen LogP contribution in [0.2, 0.25) is 0 Å². The second-order valence-corrected chi connectivity index (χ2v) is 3.98. The van der Waals surface area contributed by atoms with Crippen LogP contribution in [0, 0.1) is 6.92 Å². The molecule has 0 radical (unpaired) electrons. The maximum absolute atomic E-state index is 11.6.